The SMILES string of the molecule is CCC12CC3CCC1(NCC(O)COc1cccc(-c4noc5ccsc45)c1)CC2C3. The van der Waals surface area contributed by atoms with Crippen molar-refractivity contribution in [1.82, 2.24) is 10.5 Å². The van der Waals surface area contributed by atoms with Gasteiger partial charge in [0.2, 0.25) is 0 Å². The molecule has 3 aliphatic rings. The molecule has 3 fully saturated rings. The van der Waals surface area contributed by atoms with Gasteiger partial charge in [-0.15, -0.1) is 11.3 Å². The molecule has 2 N–H and O–H groups in total. The van der Waals surface area contributed by atoms with Gasteiger partial charge in [-0.2, -0.15) is 0 Å². The molecule has 0 radical (unpaired) electrons. The molecule has 0 amide bonds. The first-order valence-corrected chi connectivity index (χ1v) is 12.5. The third-order valence-electron chi connectivity index (χ3n) is 8.52. The van der Waals surface area contributed by atoms with E-state index in [2.05, 4.69) is 17.4 Å². The van der Waals surface area contributed by atoms with Crippen LogP contribution in [0.4, 0.5) is 0 Å². The van der Waals surface area contributed by atoms with Gasteiger partial charge in [0, 0.05) is 17.6 Å². The first-order chi connectivity index (χ1) is 15.1. The number of fused-ring (bicyclic) bond motifs is 2. The molecule has 5 atom stereocenters. The minimum Gasteiger partial charge on any atom is -0.491 e. The average Bonchev–Trinajstić information content (AvgIpc) is 3.41. The highest BCUT2D eigenvalue weighted by Crippen LogP contribution is 2.71. The zero-order valence-corrected chi connectivity index (χ0v) is 18.8. The summed E-state index contributed by atoms with van der Waals surface area (Å²) in [5.74, 6) is 2.59. The maximum atomic E-state index is 10.7. The Morgan fingerprint density at radius 3 is 3.19 bits per heavy atom. The van der Waals surface area contributed by atoms with Crippen LogP contribution in [0.5, 0.6) is 5.75 Å². The predicted molar refractivity (Wildman–Crippen MR) is 122 cm³/mol. The van der Waals surface area contributed by atoms with Gasteiger partial charge in [-0.25, -0.2) is 0 Å². The highest BCUT2D eigenvalue weighted by atomic mass is 32.1. The molecule has 6 heteroatoms. The number of benzene rings is 1. The van der Waals surface area contributed by atoms with Crippen molar-refractivity contribution in [3.63, 3.8) is 0 Å². The number of aliphatic hydroxyl groups excluding tert-OH is 1. The fourth-order valence-corrected chi connectivity index (χ4v) is 7.86. The van der Waals surface area contributed by atoms with Gasteiger partial charge < -0.3 is 19.7 Å². The Kier molecular flexibility index (Phi) is 4.67. The number of ether oxygens (including phenoxy) is 1. The number of thiophene rings is 1. The van der Waals surface area contributed by atoms with Crippen molar-refractivity contribution >= 4 is 21.6 Å². The Morgan fingerprint density at radius 2 is 2.29 bits per heavy atom. The van der Waals surface area contributed by atoms with Crippen LogP contribution < -0.4 is 10.1 Å². The minimum atomic E-state index is -0.527. The Morgan fingerprint density at radius 1 is 1.35 bits per heavy atom. The van der Waals surface area contributed by atoms with E-state index in [1.807, 2.05) is 35.7 Å². The van der Waals surface area contributed by atoms with Gasteiger partial charge in [0.25, 0.3) is 0 Å². The lowest BCUT2D eigenvalue weighted by molar-refractivity contribution is -0.103. The van der Waals surface area contributed by atoms with Crippen molar-refractivity contribution < 1.29 is 14.4 Å². The van der Waals surface area contributed by atoms with Gasteiger partial charge in [0.1, 0.15) is 28.9 Å². The quantitative estimate of drug-likeness (QED) is 0.503. The maximum absolute atomic E-state index is 10.7. The summed E-state index contributed by atoms with van der Waals surface area (Å²) in [6.45, 7) is 3.24. The number of β-amino-alcohol motifs (C(OH)–C–C–N with tert-alkyl or cyclic N) is 1. The topological polar surface area (TPSA) is 67.5 Å². The molecule has 2 bridgehead atoms. The molecule has 1 aromatic carbocycles. The third-order valence-corrected chi connectivity index (χ3v) is 9.42. The van der Waals surface area contributed by atoms with Gasteiger partial charge >= 0.3 is 0 Å². The Balaban J connectivity index is 1.08. The fourth-order valence-electron chi connectivity index (χ4n) is 7.04. The highest BCUT2D eigenvalue weighted by molar-refractivity contribution is 7.17. The number of nitrogens with zero attached hydrogens (tertiary/aromatic N) is 1. The monoisotopic (exact) mass is 438 g/mol. The van der Waals surface area contributed by atoms with Crippen molar-refractivity contribution in [2.24, 2.45) is 17.3 Å². The van der Waals surface area contributed by atoms with Crippen LogP contribution in [0.2, 0.25) is 0 Å². The van der Waals surface area contributed by atoms with Crippen LogP contribution >= 0.6 is 11.3 Å². The average molecular weight is 439 g/mol. The van der Waals surface area contributed by atoms with Crippen LogP contribution in [0.15, 0.2) is 40.2 Å². The Labute approximate surface area is 186 Å². The Hall–Kier alpha value is -1.89. The second kappa shape index (κ2) is 7.32. The van der Waals surface area contributed by atoms with Gasteiger partial charge in [-0.05, 0) is 79.4 Å². The van der Waals surface area contributed by atoms with Crippen molar-refractivity contribution in [1.29, 1.82) is 0 Å². The van der Waals surface area contributed by atoms with E-state index in [1.165, 1.54) is 38.5 Å². The molecule has 2 heterocycles. The molecular formula is C25H30N2O3S. The molecule has 6 rings (SSSR count). The van der Waals surface area contributed by atoms with E-state index in [0.717, 1.165) is 39.1 Å². The van der Waals surface area contributed by atoms with E-state index in [0.29, 0.717) is 12.0 Å². The standard InChI is InChI=1S/C25H30N2O3S/c1-2-24-12-16-6-8-25(24,13-18(24)10-16)26-14-19(28)15-29-20-5-3-4-17(11-20)22-23-21(30-27-22)7-9-31-23/h3-5,7,9,11,16,18-19,26,28H,2,6,8,10,12-15H2,1H3. The van der Waals surface area contributed by atoms with Crippen molar-refractivity contribution in [3.8, 4) is 17.0 Å². The summed E-state index contributed by atoms with van der Waals surface area (Å²) in [5, 5.41) is 20.7. The molecule has 5 unspecified atom stereocenters. The van der Waals surface area contributed by atoms with Crippen LogP contribution in [0, 0.1) is 17.3 Å². The molecule has 0 spiro atoms. The number of aromatic nitrogens is 1. The lowest BCUT2D eigenvalue weighted by Crippen LogP contribution is -2.70. The molecule has 5 nitrogen and oxygen atoms in total. The summed E-state index contributed by atoms with van der Waals surface area (Å²) in [5.41, 5.74) is 3.35. The molecule has 0 aliphatic heterocycles. The first kappa shape index (κ1) is 19.8. The van der Waals surface area contributed by atoms with Crippen molar-refractivity contribution in [2.45, 2.75) is 57.1 Å². The first-order valence-electron chi connectivity index (χ1n) is 11.6. The summed E-state index contributed by atoms with van der Waals surface area (Å²) in [6.07, 6.45) is 7.47. The number of nitrogens with one attached hydrogen (secondary N) is 1. The van der Waals surface area contributed by atoms with Crippen LogP contribution in [0.1, 0.15) is 45.4 Å². The van der Waals surface area contributed by atoms with E-state index in [1.54, 1.807) is 11.3 Å². The van der Waals surface area contributed by atoms with Gasteiger partial charge in [0.15, 0.2) is 5.58 Å². The van der Waals surface area contributed by atoms with Crippen molar-refractivity contribution in [2.75, 3.05) is 13.2 Å². The van der Waals surface area contributed by atoms with Crippen LogP contribution in [-0.4, -0.2) is 35.1 Å². The number of hydrogen-bond acceptors (Lipinski definition) is 6. The molecule has 3 saturated carbocycles. The zero-order valence-electron chi connectivity index (χ0n) is 18.0. The van der Waals surface area contributed by atoms with Gasteiger partial charge in [0.05, 0.1) is 0 Å². The second-order valence-electron chi connectivity index (χ2n) is 9.86. The smallest absolute Gasteiger partial charge is 0.178 e. The van der Waals surface area contributed by atoms with Gasteiger partial charge in [-0.3, -0.25) is 0 Å². The van der Waals surface area contributed by atoms with E-state index in [-0.39, 0.29) is 12.1 Å². The van der Waals surface area contributed by atoms with E-state index in [9.17, 15) is 5.11 Å². The summed E-state index contributed by atoms with van der Waals surface area (Å²) in [4.78, 5) is 0. The lowest BCUT2D eigenvalue weighted by Gasteiger charge is -2.64. The summed E-state index contributed by atoms with van der Waals surface area (Å²) < 4.78 is 12.4. The summed E-state index contributed by atoms with van der Waals surface area (Å²) in [7, 11) is 0. The molecule has 3 aliphatic carbocycles. The molecule has 0 saturated heterocycles. The molecular weight excluding hydrogens is 408 g/mol. The fraction of sp³-hybridized carbons (Fsp3) is 0.560. The van der Waals surface area contributed by atoms with Crippen LogP contribution in [0.25, 0.3) is 21.5 Å². The second-order valence-corrected chi connectivity index (χ2v) is 10.8. The Bertz CT molecular complexity index is 1090. The number of rotatable bonds is 8. The number of hydrogen-bond donors (Lipinski definition) is 2. The van der Waals surface area contributed by atoms with E-state index < -0.39 is 6.10 Å². The van der Waals surface area contributed by atoms with Crippen LogP contribution in [-0.2, 0) is 0 Å². The zero-order chi connectivity index (χ0) is 21.1. The van der Waals surface area contributed by atoms with Gasteiger partial charge in [-0.1, -0.05) is 24.2 Å². The normalized spacial score (nSPS) is 32.2. The summed E-state index contributed by atoms with van der Waals surface area (Å²) >= 11 is 1.62. The molecule has 3 aromatic rings. The molecule has 164 valence electrons. The minimum absolute atomic E-state index is 0.249. The highest BCUT2D eigenvalue weighted by Gasteiger charge is 2.69. The number of aliphatic hydroxyl groups is 1. The largest absolute Gasteiger partial charge is 0.491 e. The predicted octanol–water partition coefficient (Wildman–Crippen LogP) is 5.24. The summed E-state index contributed by atoms with van der Waals surface area (Å²) in [6, 6.07) is 9.80. The molecule has 2 aromatic heterocycles. The lowest BCUT2D eigenvalue weighted by atomic mass is 9.46. The van der Waals surface area contributed by atoms with E-state index >= 15 is 0 Å². The van der Waals surface area contributed by atoms with E-state index in [4.69, 9.17) is 9.26 Å². The molecule has 31 heavy (non-hydrogen) atoms. The third kappa shape index (κ3) is 2.99. The maximum Gasteiger partial charge on any atom is 0.178 e. The van der Waals surface area contributed by atoms with Crippen LogP contribution in [0.3, 0.4) is 0 Å². The van der Waals surface area contributed by atoms with Crippen molar-refractivity contribution in [3.05, 3.63) is 35.7 Å².